The Bertz CT molecular complexity index is 434. The number of nitriles is 1. The lowest BCUT2D eigenvalue weighted by Crippen LogP contribution is -2.30. The molecule has 1 heterocycles. The molecule has 1 aromatic heterocycles. The number of esters is 1. The lowest BCUT2D eigenvalue weighted by atomic mass is 10.2. The smallest absolute Gasteiger partial charge is 0.325 e. The van der Waals surface area contributed by atoms with Crippen molar-refractivity contribution in [3.63, 3.8) is 0 Å². The average Bonchev–Trinajstić information content (AvgIpc) is 2.35. The summed E-state index contributed by atoms with van der Waals surface area (Å²) in [4.78, 5) is 25.9. The molecule has 0 saturated heterocycles. The normalized spacial score (nSPS) is 9.00. The largest absolute Gasteiger partial charge is 0.468 e. The Kier molecular flexibility index (Phi) is 3.98. The number of carbonyl (C=O) groups excluding carboxylic acids is 2. The van der Waals surface area contributed by atoms with Crippen molar-refractivity contribution < 1.29 is 14.3 Å². The Morgan fingerprint density at radius 3 is 2.81 bits per heavy atom. The summed E-state index contributed by atoms with van der Waals surface area (Å²) in [6.45, 7) is -0.211. The molecule has 16 heavy (non-hydrogen) atoms. The third-order valence-corrected chi connectivity index (χ3v) is 1.75. The van der Waals surface area contributed by atoms with Crippen molar-refractivity contribution >= 4 is 11.9 Å². The number of pyridine rings is 1. The van der Waals surface area contributed by atoms with Crippen molar-refractivity contribution in [3.8, 4) is 6.07 Å². The number of carbonyl (C=O) groups is 2. The summed E-state index contributed by atoms with van der Waals surface area (Å²) in [5, 5.41) is 10.9. The molecule has 6 nitrogen and oxygen atoms in total. The number of nitrogens with one attached hydrogen (secondary N) is 1. The quantitative estimate of drug-likeness (QED) is 0.714. The molecular formula is C10H9N3O3. The van der Waals surface area contributed by atoms with Crippen LogP contribution >= 0.6 is 0 Å². The summed E-state index contributed by atoms with van der Waals surface area (Å²) in [7, 11) is 1.23. The Morgan fingerprint density at radius 2 is 2.31 bits per heavy atom. The van der Waals surface area contributed by atoms with Gasteiger partial charge in [-0.3, -0.25) is 9.59 Å². The van der Waals surface area contributed by atoms with E-state index in [0.717, 1.165) is 0 Å². The molecule has 82 valence electrons. The first kappa shape index (κ1) is 11.7. The predicted octanol–water partition coefficient (Wildman–Crippen LogP) is -0.144. The summed E-state index contributed by atoms with van der Waals surface area (Å²) in [5.74, 6) is -1.03. The first-order chi connectivity index (χ1) is 7.67. The Balaban J connectivity index is 2.60. The number of nitrogens with zero attached hydrogens (tertiary/aromatic N) is 2. The van der Waals surface area contributed by atoms with Crippen LogP contribution in [0.15, 0.2) is 18.3 Å². The lowest BCUT2D eigenvalue weighted by Gasteiger charge is -2.02. The van der Waals surface area contributed by atoms with E-state index < -0.39 is 11.9 Å². The van der Waals surface area contributed by atoms with E-state index in [1.165, 1.54) is 25.4 Å². The van der Waals surface area contributed by atoms with Crippen LogP contribution in [0.5, 0.6) is 0 Å². The lowest BCUT2D eigenvalue weighted by molar-refractivity contribution is -0.139. The van der Waals surface area contributed by atoms with Crippen LogP contribution in [0.4, 0.5) is 0 Å². The third-order valence-electron chi connectivity index (χ3n) is 1.75. The van der Waals surface area contributed by atoms with Crippen LogP contribution in [0.3, 0.4) is 0 Å². The van der Waals surface area contributed by atoms with Gasteiger partial charge in [-0.25, -0.2) is 4.98 Å². The van der Waals surface area contributed by atoms with Gasteiger partial charge in [0, 0.05) is 6.20 Å². The molecule has 0 spiro atoms. The van der Waals surface area contributed by atoms with Crippen LogP contribution in [0, 0.1) is 11.3 Å². The van der Waals surface area contributed by atoms with Gasteiger partial charge >= 0.3 is 5.97 Å². The standard InChI is InChI=1S/C10H9N3O3/c1-16-9(14)6-13-10(15)8-3-2-7(4-11)5-12-8/h2-3,5H,6H2,1H3,(H,13,15). The summed E-state index contributed by atoms with van der Waals surface area (Å²) in [6, 6.07) is 4.76. The zero-order valence-electron chi connectivity index (χ0n) is 8.56. The van der Waals surface area contributed by atoms with Gasteiger partial charge in [0.1, 0.15) is 18.3 Å². The van der Waals surface area contributed by atoms with E-state index in [9.17, 15) is 9.59 Å². The zero-order valence-corrected chi connectivity index (χ0v) is 8.56. The summed E-state index contributed by atoms with van der Waals surface area (Å²) in [5.41, 5.74) is 0.507. The summed E-state index contributed by atoms with van der Waals surface area (Å²) >= 11 is 0. The molecule has 1 aromatic rings. The van der Waals surface area contributed by atoms with Gasteiger partial charge in [-0.05, 0) is 12.1 Å². The molecule has 1 N–H and O–H groups in total. The molecule has 0 aliphatic carbocycles. The second-order valence-corrected chi connectivity index (χ2v) is 2.80. The molecular weight excluding hydrogens is 210 g/mol. The Labute approximate surface area is 91.9 Å². The van der Waals surface area contributed by atoms with Gasteiger partial charge in [0.2, 0.25) is 0 Å². The van der Waals surface area contributed by atoms with Crippen LogP contribution in [0.25, 0.3) is 0 Å². The van der Waals surface area contributed by atoms with Crippen LogP contribution in [0.1, 0.15) is 16.1 Å². The SMILES string of the molecule is COC(=O)CNC(=O)c1ccc(C#N)cn1. The van der Waals surface area contributed by atoms with Crippen LogP contribution < -0.4 is 5.32 Å². The fourth-order valence-electron chi connectivity index (χ4n) is 0.909. The maximum absolute atomic E-state index is 11.4. The number of hydrogen-bond acceptors (Lipinski definition) is 5. The first-order valence-electron chi connectivity index (χ1n) is 4.38. The number of amides is 1. The van der Waals surface area contributed by atoms with Crippen molar-refractivity contribution in [2.45, 2.75) is 0 Å². The van der Waals surface area contributed by atoms with E-state index in [1.807, 2.05) is 6.07 Å². The van der Waals surface area contributed by atoms with Crippen molar-refractivity contribution in [1.82, 2.24) is 10.3 Å². The van der Waals surface area contributed by atoms with Gasteiger partial charge in [0.25, 0.3) is 5.91 Å². The Morgan fingerprint density at radius 1 is 1.56 bits per heavy atom. The van der Waals surface area contributed by atoms with Crippen molar-refractivity contribution in [3.05, 3.63) is 29.6 Å². The van der Waals surface area contributed by atoms with Gasteiger partial charge in [0.15, 0.2) is 0 Å². The van der Waals surface area contributed by atoms with Crippen molar-refractivity contribution in [2.24, 2.45) is 0 Å². The highest BCUT2D eigenvalue weighted by Gasteiger charge is 2.08. The maximum atomic E-state index is 11.4. The van der Waals surface area contributed by atoms with Gasteiger partial charge in [-0.1, -0.05) is 0 Å². The molecule has 0 saturated carbocycles. The van der Waals surface area contributed by atoms with Gasteiger partial charge in [-0.15, -0.1) is 0 Å². The second-order valence-electron chi connectivity index (χ2n) is 2.80. The fourth-order valence-corrected chi connectivity index (χ4v) is 0.909. The minimum Gasteiger partial charge on any atom is -0.468 e. The van der Waals surface area contributed by atoms with Gasteiger partial charge < -0.3 is 10.1 Å². The molecule has 0 aliphatic heterocycles. The molecule has 0 fully saturated rings. The van der Waals surface area contributed by atoms with E-state index in [1.54, 1.807) is 0 Å². The van der Waals surface area contributed by atoms with Gasteiger partial charge in [0.05, 0.1) is 12.7 Å². The molecule has 0 radical (unpaired) electrons. The number of methoxy groups -OCH3 is 1. The second kappa shape index (κ2) is 5.46. The zero-order chi connectivity index (χ0) is 12.0. The van der Waals surface area contributed by atoms with Gasteiger partial charge in [-0.2, -0.15) is 5.26 Å². The van der Waals surface area contributed by atoms with Crippen LogP contribution in [-0.4, -0.2) is 30.5 Å². The van der Waals surface area contributed by atoms with E-state index in [4.69, 9.17) is 5.26 Å². The highest BCUT2D eigenvalue weighted by molar-refractivity contribution is 5.94. The molecule has 0 aliphatic rings. The van der Waals surface area contributed by atoms with E-state index >= 15 is 0 Å². The third kappa shape index (κ3) is 3.06. The summed E-state index contributed by atoms with van der Waals surface area (Å²) < 4.78 is 4.36. The molecule has 0 atom stereocenters. The molecule has 1 rings (SSSR count). The highest BCUT2D eigenvalue weighted by atomic mass is 16.5. The molecule has 0 aromatic carbocycles. The van der Waals surface area contributed by atoms with E-state index in [2.05, 4.69) is 15.0 Å². The van der Waals surface area contributed by atoms with Crippen molar-refractivity contribution in [2.75, 3.05) is 13.7 Å². The monoisotopic (exact) mass is 219 g/mol. The molecule has 0 bridgehead atoms. The average molecular weight is 219 g/mol. The predicted molar refractivity (Wildman–Crippen MR) is 53.3 cm³/mol. The molecule has 0 unspecified atom stereocenters. The minimum absolute atomic E-state index is 0.142. The Hall–Kier alpha value is -2.42. The van der Waals surface area contributed by atoms with E-state index in [0.29, 0.717) is 5.56 Å². The van der Waals surface area contributed by atoms with E-state index in [-0.39, 0.29) is 12.2 Å². The van der Waals surface area contributed by atoms with Crippen molar-refractivity contribution in [1.29, 1.82) is 5.26 Å². The number of aromatic nitrogens is 1. The number of hydrogen-bond donors (Lipinski definition) is 1. The minimum atomic E-state index is -0.540. The number of ether oxygens (including phenoxy) is 1. The first-order valence-corrected chi connectivity index (χ1v) is 4.38. The fraction of sp³-hybridized carbons (Fsp3) is 0.200. The highest BCUT2D eigenvalue weighted by Crippen LogP contribution is 1.98. The van der Waals surface area contributed by atoms with Crippen LogP contribution in [0.2, 0.25) is 0 Å². The number of rotatable bonds is 3. The summed E-state index contributed by atoms with van der Waals surface area (Å²) in [6.07, 6.45) is 1.28. The molecule has 6 heteroatoms. The van der Waals surface area contributed by atoms with Crippen LogP contribution in [-0.2, 0) is 9.53 Å². The maximum Gasteiger partial charge on any atom is 0.325 e. The molecule has 1 amide bonds. The topological polar surface area (TPSA) is 92.1 Å².